The number of nitrogens with zero attached hydrogens (tertiary/aromatic N) is 2. The lowest BCUT2D eigenvalue weighted by atomic mass is 9.98. The number of nitro groups is 1. The van der Waals surface area contributed by atoms with E-state index < -0.39 is 11.0 Å². The predicted molar refractivity (Wildman–Crippen MR) is 63.3 cm³/mol. The molecule has 1 heterocycles. The fourth-order valence-corrected chi connectivity index (χ4v) is 2.11. The molecular weight excluding hydrogens is 276 g/mol. The van der Waals surface area contributed by atoms with Gasteiger partial charge in [0, 0.05) is 16.5 Å². The van der Waals surface area contributed by atoms with Crippen molar-refractivity contribution in [3.05, 3.63) is 32.5 Å². The summed E-state index contributed by atoms with van der Waals surface area (Å²) in [5.74, 6) is -0.153. The number of hydrogen-bond donors (Lipinski definition) is 1. The second-order valence-corrected chi connectivity index (χ2v) is 4.44. The summed E-state index contributed by atoms with van der Waals surface area (Å²) < 4.78 is 0.557. The number of aromatic nitrogens is 1. The Bertz CT molecular complexity index is 398. The molecule has 0 radical (unpaired) electrons. The Kier molecular flexibility index (Phi) is 4.37. The monoisotopic (exact) mass is 288 g/mol. The zero-order valence-electron chi connectivity index (χ0n) is 9.05. The van der Waals surface area contributed by atoms with Crippen molar-refractivity contribution < 1.29 is 10.0 Å². The minimum Gasteiger partial charge on any atom is -0.392 e. The molecule has 0 amide bonds. The van der Waals surface area contributed by atoms with Crippen molar-refractivity contribution in [2.75, 3.05) is 0 Å². The van der Waals surface area contributed by atoms with Gasteiger partial charge in [-0.15, -0.1) is 0 Å². The SMILES string of the molecule is CCC(O)C(C)c1ncc([N+](=O)[O-])cc1Br. The van der Waals surface area contributed by atoms with Gasteiger partial charge in [-0.25, -0.2) is 0 Å². The van der Waals surface area contributed by atoms with E-state index in [-0.39, 0.29) is 11.6 Å². The summed E-state index contributed by atoms with van der Waals surface area (Å²) in [7, 11) is 0. The molecule has 1 aromatic rings. The molecule has 5 nitrogen and oxygen atoms in total. The first-order valence-corrected chi connectivity index (χ1v) is 5.74. The first-order chi connectivity index (χ1) is 7.47. The Labute approximate surface area is 102 Å². The molecule has 6 heteroatoms. The zero-order valence-corrected chi connectivity index (χ0v) is 10.6. The van der Waals surface area contributed by atoms with Gasteiger partial charge in [0.2, 0.25) is 0 Å². The van der Waals surface area contributed by atoms with Crippen LogP contribution in [0, 0.1) is 10.1 Å². The molecule has 1 rings (SSSR count). The fourth-order valence-electron chi connectivity index (χ4n) is 1.41. The lowest BCUT2D eigenvalue weighted by molar-refractivity contribution is -0.385. The average Bonchev–Trinajstić information content (AvgIpc) is 2.26. The van der Waals surface area contributed by atoms with E-state index in [0.29, 0.717) is 16.6 Å². The Hall–Kier alpha value is -1.01. The van der Waals surface area contributed by atoms with Crippen LogP contribution in [0.2, 0.25) is 0 Å². The van der Waals surface area contributed by atoms with Crippen molar-refractivity contribution in [2.45, 2.75) is 32.3 Å². The number of pyridine rings is 1. The number of aliphatic hydroxyl groups excluding tert-OH is 1. The Balaban J connectivity index is 3.03. The molecule has 0 aliphatic carbocycles. The predicted octanol–water partition coefficient (Wildman–Crippen LogP) is 2.63. The topological polar surface area (TPSA) is 76.3 Å². The van der Waals surface area contributed by atoms with E-state index in [2.05, 4.69) is 20.9 Å². The van der Waals surface area contributed by atoms with E-state index in [0.717, 1.165) is 0 Å². The fraction of sp³-hybridized carbons (Fsp3) is 0.500. The Morgan fingerprint density at radius 1 is 1.69 bits per heavy atom. The van der Waals surface area contributed by atoms with Gasteiger partial charge < -0.3 is 5.11 Å². The van der Waals surface area contributed by atoms with Crippen molar-refractivity contribution >= 4 is 21.6 Å². The molecule has 0 aliphatic heterocycles. The largest absolute Gasteiger partial charge is 0.392 e. The normalized spacial score (nSPS) is 14.5. The van der Waals surface area contributed by atoms with Crippen LogP contribution >= 0.6 is 15.9 Å². The van der Waals surface area contributed by atoms with Crippen LogP contribution in [0.5, 0.6) is 0 Å². The molecule has 0 saturated carbocycles. The number of aliphatic hydroxyl groups is 1. The van der Waals surface area contributed by atoms with Crippen LogP contribution in [-0.2, 0) is 0 Å². The minimum absolute atomic E-state index is 0.0613. The van der Waals surface area contributed by atoms with Gasteiger partial charge in [-0.3, -0.25) is 15.1 Å². The molecule has 88 valence electrons. The molecule has 1 aromatic heterocycles. The molecular formula is C10H13BrN2O3. The smallest absolute Gasteiger partial charge is 0.288 e. The molecule has 0 aliphatic rings. The van der Waals surface area contributed by atoms with Crippen molar-refractivity contribution in [1.29, 1.82) is 0 Å². The van der Waals surface area contributed by atoms with E-state index in [1.54, 1.807) is 0 Å². The second kappa shape index (κ2) is 5.36. The average molecular weight is 289 g/mol. The second-order valence-electron chi connectivity index (χ2n) is 3.58. The van der Waals surface area contributed by atoms with Crippen LogP contribution in [0.25, 0.3) is 0 Å². The van der Waals surface area contributed by atoms with Crippen LogP contribution in [0.3, 0.4) is 0 Å². The van der Waals surface area contributed by atoms with Crippen LogP contribution < -0.4 is 0 Å². The van der Waals surface area contributed by atoms with Crippen LogP contribution in [0.4, 0.5) is 5.69 Å². The van der Waals surface area contributed by atoms with Crippen molar-refractivity contribution in [2.24, 2.45) is 0 Å². The van der Waals surface area contributed by atoms with Crippen LogP contribution in [0.15, 0.2) is 16.7 Å². The van der Waals surface area contributed by atoms with E-state index in [9.17, 15) is 15.2 Å². The highest BCUT2D eigenvalue weighted by Crippen LogP contribution is 2.28. The van der Waals surface area contributed by atoms with E-state index in [4.69, 9.17) is 0 Å². The maximum absolute atomic E-state index is 10.5. The molecule has 1 N–H and O–H groups in total. The lowest BCUT2D eigenvalue weighted by Gasteiger charge is -2.17. The first kappa shape index (κ1) is 13.1. The highest BCUT2D eigenvalue weighted by atomic mass is 79.9. The van der Waals surface area contributed by atoms with Gasteiger partial charge in [-0.05, 0) is 22.4 Å². The van der Waals surface area contributed by atoms with E-state index in [1.165, 1.54) is 12.3 Å². The Morgan fingerprint density at radius 3 is 2.75 bits per heavy atom. The molecule has 2 unspecified atom stereocenters. The maximum Gasteiger partial charge on any atom is 0.288 e. The van der Waals surface area contributed by atoms with Crippen LogP contribution in [0.1, 0.15) is 31.9 Å². The summed E-state index contributed by atoms with van der Waals surface area (Å²) in [5, 5.41) is 20.2. The third kappa shape index (κ3) is 2.76. The number of halogens is 1. The van der Waals surface area contributed by atoms with Gasteiger partial charge in [-0.2, -0.15) is 0 Å². The van der Waals surface area contributed by atoms with Gasteiger partial charge in [0.1, 0.15) is 6.20 Å². The molecule has 0 aromatic carbocycles. The number of hydrogen-bond acceptors (Lipinski definition) is 4. The molecule has 0 saturated heterocycles. The molecule has 0 spiro atoms. The summed E-state index contributed by atoms with van der Waals surface area (Å²) in [4.78, 5) is 14.0. The summed E-state index contributed by atoms with van der Waals surface area (Å²) in [6.07, 6.45) is 1.33. The lowest BCUT2D eigenvalue weighted by Crippen LogP contribution is -2.16. The van der Waals surface area contributed by atoms with Gasteiger partial charge in [0.25, 0.3) is 5.69 Å². The highest BCUT2D eigenvalue weighted by Gasteiger charge is 2.20. The molecule has 2 atom stereocenters. The standard InChI is InChI=1S/C10H13BrN2O3/c1-3-9(14)6(2)10-8(11)4-7(5-12-10)13(15)16/h4-6,9,14H,3H2,1-2H3. The summed E-state index contributed by atoms with van der Waals surface area (Å²) >= 11 is 3.24. The minimum atomic E-state index is -0.498. The van der Waals surface area contributed by atoms with Gasteiger partial charge in [0.15, 0.2) is 0 Å². The third-order valence-corrected chi connectivity index (χ3v) is 3.13. The van der Waals surface area contributed by atoms with Gasteiger partial charge >= 0.3 is 0 Å². The molecule has 16 heavy (non-hydrogen) atoms. The summed E-state index contributed by atoms with van der Waals surface area (Å²) in [5.41, 5.74) is 0.578. The van der Waals surface area contributed by atoms with Crippen molar-refractivity contribution in [3.63, 3.8) is 0 Å². The first-order valence-electron chi connectivity index (χ1n) is 4.95. The van der Waals surface area contributed by atoms with E-state index in [1.807, 2.05) is 13.8 Å². The maximum atomic E-state index is 10.5. The Morgan fingerprint density at radius 2 is 2.31 bits per heavy atom. The van der Waals surface area contributed by atoms with Crippen molar-refractivity contribution in [3.8, 4) is 0 Å². The van der Waals surface area contributed by atoms with Gasteiger partial charge in [-0.1, -0.05) is 13.8 Å². The van der Waals surface area contributed by atoms with Crippen LogP contribution in [-0.4, -0.2) is 21.1 Å². The third-order valence-electron chi connectivity index (χ3n) is 2.49. The van der Waals surface area contributed by atoms with Gasteiger partial charge in [0.05, 0.1) is 16.7 Å². The molecule has 0 bridgehead atoms. The molecule has 0 fully saturated rings. The number of rotatable bonds is 4. The summed E-state index contributed by atoms with van der Waals surface area (Å²) in [6.45, 7) is 3.72. The highest BCUT2D eigenvalue weighted by molar-refractivity contribution is 9.10. The van der Waals surface area contributed by atoms with E-state index >= 15 is 0 Å². The zero-order chi connectivity index (χ0) is 12.3. The summed E-state index contributed by atoms with van der Waals surface area (Å²) in [6, 6.07) is 1.40. The van der Waals surface area contributed by atoms with Crippen molar-refractivity contribution in [1.82, 2.24) is 4.98 Å². The quantitative estimate of drug-likeness (QED) is 0.682.